The van der Waals surface area contributed by atoms with Crippen molar-refractivity contribution in [2.75, 3.05) is 13.2 Å². The highest BCUT2D eigenvalue weighted by molar-refractivity contribution is 4.67. The molecule has 2 heteroatoms. The number of hydrogen-bond acceptors (Lipinski definition) is 2. The average Bonchev–Trinajstić information content (AvgIpc) is 2.16. The first kappa shape index (κ1) is 12.4. The van der Waals surface area contributed by atoms with Crippen molar-refractivity contribution in [2.45, 2.75) is 51.9 Å². The molecule has 0 spiro atoms. The van der Waals surface area contributed by atoms with Gasteiger partial charge < -0.3 is 4.74 Å². The lowest BCUT2D eigenvalue weighted by atomic mass is 10.2. The van der Waals surface area contributed by atoms with Gasteiger partial charge in [-0.2, -0.15) is 5.26 Å². The van der Waals surface area contributed by atoms with Gasteiger partial charge in [-0.3, -0.25) is 0 Å². The summed E-state index contributed by atoms with van der Waals surface area (Å²) in [4.78, 5) is 0. The maximum atomic E-state index is 8.28. The molecule has 0 bridgehead atoms. The molecule has 0 aromatic heterocycles. The van der Waals surface area contributed by atoms with E-state index in [0.717, 1.165) is 32.5 Å². The first-order valence-corrected chi connectivity index (χ1v) is 5.36. The van der Waals surface area contributed by atoms with Crippen molar-refractivity contribution in [1.29, 1.82) is 5.26 Å². The van der Waals surface area contributed by atoms with Crippen molar-refractivity contribution in [1.82, 2.24) is 0 Å². The van der Waals surface area contributed by atoms with Gasteiger partial charge in [0.1, 0.15) is 0 Å². The van der Waals surface area contributed by atoms with Crippen LogP contribution < -0.4 is 0 Å². The van der Waals surface area contributed by atoms with Crippen molar-refractivity contribution in [3.8, 4) is 6.07 Å². The molecule has 2 nitrogen and oxygen atoms in total. The van der Waals surface area contributed by atoms with Gasteiger partial charge in [-0.1, -0.05) is 26.2 Å². The van der Waals surface area contributed by atoms with Gasteiger partial charge in [-0.15, -0.1) is 0 Å². The zero-order valence-corrected chi connectivity index (χ0v) is 8.72. The summed E-state index contributed by atoms with van der Waals surface area (Å²) in [5.74, 6) is 0. The summed E-state index contributed by atoms with van der Waals surface area (Å²) in [5.41, 5.74) is 0. The van der Waals surface area contributed by atoms with E-state index < -0.39 is 0 Å². The summed E-state index contributed by atoms with van der Waals surface area (Å²) >= 11 is 0. The Kier molecular flexibility index (Phi) is 11.0. The summed E-state index contributed by atoms with van der Waals surface area (Å²) in [5, 5.41) is 8.28. The lowest BCUT2D eigenvalue weighted by Gasteiger charge is -2.02. The third-order valence-corrected chi connectivity index (χ3v) is 1.97. The minimum absolute atomic E-state index is 0.690. The Morgan fingerprint density at radius 1 is 1.00 bits per heavy atom. The summed E-state index contributed by atoms with van der Waals surface area (Å²) in [6.07, 6.45) is 7.66. The van der Waals surface area contributed by atoms with Crippen molar-refractivity contribution >= 4 is 0 Å². The maximum Gasteiger partial charge on any atom is 0.0621 e. The Morgan fingerprint density at radius 3 is 2.31 bits per heavy atom. The average molecular weight is 183 g/mol. The molecule has 0 aliphatic carbocycles. The van der Waals surface area contributed by atoms with E-state index in [1.807, 2.05) is 0 Å². The molecule has 0 aliphatic heterocycles. The molecular formula is C11H21NO. The highest BCUT2D eigenvalue weighted by Gasteiger charge is 1.90. The van der Waals surface area contributed by atoms with Gasteiger partial charge >= 0.3 is 0 Å². The van der Waals surface area contributed by atoms with E-state index in [9.17, 15) is 0 Å². The number of hydrogen-bond donors (Lipinski definition) is 0. The van der Waals surface area contributed by atoms with Crippen LogP contribution >= 0.6 is 0 Å². The van der Waals surface area contributed by atoms with E-state index in [0.29, 0.717) is 6.42 Å². The molecule has 13 heavy (non-hydrogen) atoms. The number of ether oxygens (including phenoxy) is 1. The Balaban J connectivity index is 2.80. The smallest absolute Gasteiger partial charge is 0.0621 e. The molecule has 0 radical (unpaired) electrons. The summed E-state index contributed by atoms with van der Waals surface area (Å²) in [7, 11) is 0. The number of rotatable bonds is 9. The molecule has 0 unspecified atom stereocenters. The zero-order valence-electron chi connectivity index (χ0n) is 8.72. The van der Waals surface area contributed by atoms with Crippen LogP contribution in [0.2, 0.25) is 0 Å². The quantitative estimate of drug-likeness (QED) is 0.514. The highest BCUT2D eigenvalue weighted by Crippen LogP contribution is 2.00. The molecular weight excluding hydrogens is 162 g/mol. The number of unbranched alkanes of at least 4 members (excludes halogenated alkanes) is 5. The topological polar surface area (TPSA) is 33.0 Å². The monoisotopic (exact) mass is 183 g/mol. The summed E-state index contributed by atoms with van der Waals surface area (Å²) in [6, 6.07) is 2.15. The molecule has 0 heterocycles. The van der Waals surface area contributed by atoms with E-state index in [2.05, 4.69) is 13.0 Å². The molecule has 0 saturated heterocycles. The van der Waals surface area contributed by atoms with E-state index in [1.54, 1.807) is 0 Å². The largest absolute Gasteiger partial charge is 0.381 e. The summed E-state index contributed by atoms with van der Waals surface area (Å²) < 4.78 is 5.43. The molecule has 0 amide bonds. The zero-order chi connectivity index (χ0) is 9.78. The van der Waals surface area contributed by atoms with Crippen molar-refractivity contribution in [3.05, 3.63) is 0 Å². The third kappa shape index (κ3) is 11.5. The van der Waals surface area contributed by atoms with Gasteiger partial charge in [0.15, 0.2) is 0 Å². The van der Waals surface area contributed by atoms with Gasteiger partial charge in [0.05, 0.1) is 6.07 Å². The standard InChI is InChI=1S/C11H21NO/c1-2-3-7-10-13-11-8-5-4-6-9-12/h2-8,10-11H2,1H3. The minimum atomic E-state index is 0.690. The van der Waals surface area contributed by atoms with Crippen LogP contribution in [0.1, 0.15) is 51.9 Å². The first-order valence-electron chi connectivity index (χ1n) is 5.36. The molecule has 0 aromatic carbocycles. The molecule has 0 fully saturated rings. The van der Waals surface area contributed by atoms with Crippen LogP contribution in [0.5, 0.6) is 0 Å². The molecule has 0 rings (SSSR count). The Hall–Kier alpha value is -0.550. The normalized spacial score (nSPS) is 9.85. The van der Waals surface area contributed by atoms with Crippen LogP contribution in [0.4, 0.5) is 0 Å². The maximum absolute atomic E-state index is 8.28. The summed E-state index contributed by atoms with van der Waals surface area (Å²) in [6.45, 7) is 3.98. The van der Waals surface area contributed by atoms with Crippen molar-refractivity contribution in [3.63, 3.8) is 0 Å². The fourth-order valence-electron chi connectivity index (χ4n) is 1.14. The molecule has 0 atom stereocenters. The van der Waals surface area contributed by atoms with Crippen molar-refractivity contribution < 1.29 is 4.74 Å². The fourth-order valence-corrected chi connectivity index (χ4v) is 1.14. The molecule has 0 aliphatic rings. The van der Waals surface area contributed by atoms with Gasteiger partial charge in [0.25, 0.3) is 0 Å². The van der Waals surface area contributed by atoms with Crippen LogP contribution in [-0.2, 0) is 4.74 Å². The fraction of sp³-hybridized carbons (Fsp3) is 0.909. The SMILES string of the molecule is CCCCCOCCCCCC#N. The highest BCUT2D eigenvalue weighted by atomic mass is 16.5. The second-order valence-electron chi connectivity index (χ2n) is 3.29. The Bertz CT molecular complexity index is 129. The van der Waals surface area contributed by atoms with E-state index in [-0.39, 0.29) is 0 Å². The van der Waals surface area contributed by atoms with Gasteiger partial charge in [0.2, 0.25) is 0 Å². The van der Waals surface area contributed by atoms with E-state index in [4.69, 9.17) is 10.00 Å². The van der Waals surface area contributed by atoms with Crippen LogP contribution in [0.25, 0.3) is 0 Å². The Morgan fingerprint density at radius 2 is 1.69 bits per heavy atom. The van der Waals surface area contributed by atoms with Crippen LogP contribution in [0, 0.1) is 11.3 Å². The van der Waals surface area contributed by atoms with Gasteiger partial charge in [-0.25, -0.2) is 0 Å². The number of nitriles is 1. The van der Waals surface area contributed by atoms with Crippen molar-refractivity contribution in [2.24, 2.45) is 0 Å². The van der Waals surface area contributed by atoms with E-state index >= 15 is 0 Å². The predicted molar refractivity (Wildman–Crippen MR) is 54.4 cm³/mol. The lowest BCUT2D eigenvalue weighted by molar-refractivity contribution is 0.126. The van der Waals surface area contributed by atoms with Gasteiger partial charge in [0, 0.05) is 19.6 Å². The van der Waals surface area contributed by atoms with E-state index in [1.165, 1.54) is 19.3 Å². The first-order chi connectivity index (χ1) is 6.41. The van der Waals surface area contributed by atoms with Gasteiger partial charge in [-0.05, 0) is 19.3 Å². The third-order valence-electron chi connectivity index (χ3n) is 1.97. The Labute approximate surface area is 81.9 Å². The minimum Gasteiger partial charge on any atom is -0.381 e. The molecule has 0 saturated carbocycles. The lowest BCUT2D eigenvalue weighted by Crippen LogP contribution is -1.96. The van der Waals surface area contributed by atoms with Crippen LogP contribution in [0.15, 0.2) is 0 Å². The second kappa shape index (κ2) is 11.4. The molecule has 76 valence electrons. The molecule has 0 aromatic rings. The second-order valence-corrected chi connectivity index (χ2v) is 3.29. The molecule has 0 N–H and O–H groups in total. The number of nitrogens with zero attached hydrogens (tertiary/aromatic N) is 1. The van der Waals surface area contributed by atoms with Crippen LogP contribution in [0.3, 0.4) is 0 Å². The predicted octanol–water partition coefficient (Wildman–Crippen LogP) is 3.28. The van der Waals surface area contributed by atoms with Crippen LogP contribution in [-0.4, -0.2) is 13.2 Å².